The van der Waals surface area contributed by atoms with E-state index in [1.165, 1.54) is 25.3 Å². The van der Waals surface area contributed by atoms with Gasteiger partial charge < -0.3 is 20.3 Å². The van der Waals surface area contributed by atoms with E-state index in [2.05, 4.69) is 26.6 Å². The molecule has 0 saturated carbocycles. The first-order valence-electron chi connectivity index (χ1n) is 7.25. The first kappa shape index (κ1) is 19.7. The maximum Gasteiger partial charge on any atom is 0.339 e. The highest BCUT2D eigenvalue weighted by Crippen LogP contribution is 2.28. The highest BCUT2D eigenvalue weighted by Gasteiger charge is 2.17. The molecule has 0 unspecified atom stereocenters. The number of nitrogens with one attached hydrogen (secondary N) is 2. The van der Waals surface area contributed by atoms with E-state index in [0.717, 1.165) is 5.56 Å². The number of thiocarbonyl (C=S) groups is 1. The smallest absolute Gasteiger partial charge is 0.339 e. The highest BCUT2D eigenvalue weighted by molar-refractivity contribution is 9.10. The second-order valence-corrected chi connectivity index (χ2v) is 6.57. The van der Waals surface area contributed by atoms with E-state index in [9.17, 15) is 14.7 Å². The van der Waals surface area contributed by atoms with Crippen LogP contribution in [0.3, 0.4) is 0 Å². The fraction of sp³-hybridized carbons (Fsp3) is 0.118. The van der Waals surface area contributed by atoms with Crippen molar-refractivity contribution < 1.29 is 24.5 Å². The van der Waals surface area contributed by atoms with E-state index in [1.54, 1.807) is 13.0 Å². The zero-order chi connectivity index (χ0) is 19.4. The van der Waals surface area contributed by atoms with Gasteiger partial charge in [-0.1, -0.05) is 15.9 Å². The van der Waals surface area contributed by atoms with Gasteiger partial charge in [0.1, 0.15) is 17.1 Å². The van der Waals surface area contributed by atoms with Gasteiger partial charge in [-0.2, -0.15) is 0 Å². The van der Waals surface area contributed by atoms with Crippen LogP contribution in [0, 0.1) is 6.92 Å². The van der Waals surface area contributed by atoms with Crippen LogP contribution in [0.2, 0.25) is 0 Å². The Morgan fingerprint density at radius 2 is 1.88 bits per heavy atom. The summed E-state index contributed by atoms with van der Waals surface area (Å²) in [4.78, 5) is 23.5. The molecule has 0 fully saturated rings. The molecule has 0 aliphatic carbocycles. The molecule has 9 heteroatoms. The number of carboxylic acids is 1. The summed E-state index contributed by atoms with van der Waals surface area (Å²) >= 11 is 8.42. The molecule has 0 bridgehead atoms. The van der Waals surface area contributed by atoms with Crippen LogP contribution in [-0.4, -0.2) is 34.3 Å². The molecular formula is C17H15BrN2O5S. The number of halogens is 1. The summed E-state index contributed by atoms with van der Waals surface area (Å²) in [6.45, 7) is 1.81. The number of rotatable bonds is 4. The number of methoxy groups -OCH3 is 1. The number of phenols is 1. The fourth-order valence-electron chi connectivity index (χ4n) is 2.29. The predicted molar refractivity (Wildman–Crippen MR) is 104 cm³/mol. The van der Waals surface area contributed by atoms with Gasteiger partial charge in [0.05, 0.1) is 12.7 Å². The van der Waals surface area contributed by atoms with Gasteiger partial charge in [0.15, 0.2) is 5.11 Å². The number of hydrogen-bond donors (Lipinski definition) is 4. The number of amides is 1. The number of hydrogen-bond acceptors (Lipinski definition) is 5. The Bertz CT molecular complexity index is 901. The molecule has 0 radical (unpaired) electrons. The van der Waals surface area contributed by atoms with Crippen molar-refractivity contribution in [3.05, 3.63) is 51.5 Å². The third-order valence-corrected chi connectivity index (χ3v) is 4.06. The first-order valence-corrected chi connectivity index (χ1v) is 8.45. The van der Waals surface area contributed by atoms with Crippen LogP contribution in [-0.2, 0) is 0 Å². The number of aryl methyl sites for hydroxylation is 1. The second-order valence-electron chi connectivity index (χ2n) is 5.25. The summed E-state index contributed by atoms with van der Waals surface area (Å²) in [5, 5.41) is 23.7. The topological polar surface area (TPSA) is 108 Å². The summed E-state index contributed by atoms with van der Waals surface area (Å²) in [6.07, 6.45) is 0. The van der Waals surface area contributed by atoms with Crippen LogP contribution in [0.25, 0.3) is 0 Å². The average Bonchev–Trinajstić information content (AvgIpc) is 2.55. The van der Waals surface area contributed by atoms with E-state index in [1.807, 2.05) is 6.07 Å². The van der Waals surface area contributed by atoms with Crippen molar-refractivity contribution in [2.45, 2.75) is 6.92 Å². The number of anilines is 1. The Hall–Kier alpha value is -2.65. The van der Waals surface area contributed by atoms with Crippen molar-refractivity contribution in [1.29, 1.82) is 0 Å². The number of aromatic carboxylic acids is 1. The van der Waals surface area contributed by atoms with Gasteiger partial charge in [0, 0.05) is 10.2 Å². The largest absolute Gasteiger partial charge is 0.507 e. The predicted octanol–water partition coefficient (Wildman–Crippen LogP) is 3.30. The molecule has 7 nitrogen and oxygen atoms in total. The number of carbonyl (C=O) groups is 2. The van der Waals surface area contributed by atoms with Crippen molar-refractivity contribution in [2.75, 3.05) is 12.4 Å². The van der Waals surface area contributed by atoms with Gasteiger partial charge in [0.25, 0.3) is 5.91 Å². The lowest BCUT2D eigenvalue weighted by Crippen LogP contribution is -2.34. The Morgan fingerprint density at radius 3 is 2.50 bits per heavy atom. The lowest BCUT2D eigenvalue weighted by atomic mass is 10.1. The minimum Gasteiger partial charge on any atom is -0.507 e. The fourth-order valence-corrected chi connectivity index (χ4v) is 3.07. The maximum atomic E-state index is 12.5. The first-order chi connectivity index (χ1) is 12.2. The van der Waals surface area contributed by atoms with Crippen LogP contribution in [0.1, 0.15) is 26.3 Å². The second kappa shape index (κ2) is 8.15. The van der Waals surface area contributed by atoms with Crippen molar-refractivity contribution in [3.8, 4) is 11.5 Å². The zero-order valence-electron chi connectivity index (χ0n) is 13.8. The molecule has 0 aliphatic rings. The summed E-state index contributed by atoms with van der Waals surface area (Å²) in [6, 6.07) is 7.28. The number of carbonyl (C=O) groups excluding carboxylic acids is 1. The van der Waals surface area contributed by atoms with Crippen LogP contribution in [0.4, 0.5) is 5.69 Å². The molecule has 136 valence electrons. The number of ether oxygens (including phenoxy) is 1. The van der Waals surface area contributed by atoms with Crippen molar-refractivity contribution in [1.82, 2.24) is 5.32 Å². The lowest BCUT2D eigenvalue weighted by Gasteiger charge is -2.14. The molecule has 0 heterocycles. The van der Waals surface area contributed by atoms with Gasteiger partial charge in [-0.3, -0.25) is 10.1 Å². The van der Waals surface area contributed by atoms with Crippen LogP contribution in [0.5, 0.6) is 11.5 Å². The van der Waals surface area contributed by atoms with Crippen molar-refractivity contribution in [2.24, 2.45) is 0 Å². The van der Waals surface area contributed by atoms with Crippen LogP contribution in [0.15, 0.2) is 34.8 Å². The monoisotopic (exact) mass is 438 g/mol. The standard InChI is InChI=1S/C17H15BrN2O5S/c1-8-5-9(18)6-12(14(8)25-2)15(22)20-17(26)19-10-3-4-13(21)11(7-10)16(23)24/h3-7,21H,1-2H3,(H,23,24)(H2,19,20,22,26). The van der Waals surface area contributed by atoms with Gasteiger partial charge in [-0.15, -0.1) is 0 Å². The minimum atomic E-state index is -1.28. The molecule has 2 aromatic rings. The average molecular weight is 439 g/mol. The number of benzene rings is 2. The molecular weight excluding hydrogens is 424 g/mol. The Kier molecular flexibility index (Phi) is 6.17. The number of aromatic hydroxyl groups is 1. The summed E-state index contributed by atoms with van der Waals surface area (Å²) in [5.41, 5.74) is 1.09. The Morgan fingerprint density at radius 1 is 1.19 bits per heavy atom. The van der Waals surface area contributed by atoms with Crippen LogP contribution >= 0.6 is 28.1 Å². The molecule has 0 saturated heterocycles. The van der Waals surface area contributed by atoms with Gasteiger partial charge in [-0.25, -0.2) is 4.79 Å². The third kappa shape index (κ3) is 4.50. The molecule has 0 spiro atoms. The van der Waals surface area contributed by atoms with Gasteiger partial charge in [-0.05, 0) is 55.0 Å². The minimum absolute atomic E-state index is 0.0308. The van der Waals surface area contributed by atoms with E-state index in [4.69, 9.17) is 22.1 Å². The SMILES string of the molecule is COc1c(C)cc(Br)cc1C(=O)NC(=S)Nc1ccc(O)c(C(=O)O)c1. The zero-order valence-corrected chi connectivity index (χ0v) is 16.2. The van der Waals surface area contributed by atoms with Crippen LogP contribution < -0.4 is 15.4 Å². The molecule has 2 aromatic carbocycles. The quantitative estimate of drug-likeness (QED) is 0.428. The van der Waals surface area contributed by atoms with Crippen molar-refractivity contribution >= 4 is 50.8 Å². The lowest BCUT2D eigenvalue weighted by molar-refractivity contribution is 0.0693. The molecule has 0 atom stereocenters. The molecule has 0 aromatic heterocycles. The third-order valence-electron chi connectivity index (χ3n) is 3.40. The molecule has 1 amide bonds. The Balaban J connectivity index is 2.17. The van der Waals surface area contributed by atoms with E-state index in [-0.39, 0.29) is 16.4 Å². The molecule has 4 N–H and O–H groups in total. The highest BCUT2D eigenvalue weighted by atomic mass is 79.9. The van der Waals surface area contributed by atoms with E-state index in [0.29, 0.717) is 21.5 Å². The summed E-state index contributed by atoms with van der Waals surface area (Å²) < 4.78 is 5.98. The summed E-state index contributed by atoms with van der Waals surface area (Å²) in [5.74, 6) is -1.71. The van der Waals surface area contributed by atoms with Gasteiger partial charge in [0.2, 0.25) is 0 Å². The van der Waals surface area contributed by atoms with Gasteiger partial charge >= 0.3 is 5.97 Å². The molecule has 26 heavy (non-hydrogen) atoms. The normalized spacial score (nSPS) is 10.1. The molecule has 2 rings (SSSR count). The maximum absolute atomic E-state index is 12.5. The summed E-state index contributed by atoms with van der Waals surface area (Å²) in [7, 11) is 1.47. The molecule has 0 aliphatic heterocycles. The van der Waals surface area contributed by atoms with E-state index < -0.39 is 11.9 Å². The Labute approximate surface area is 163 Å². The number of carboxylic acid groups (broad SMARTS) is 1. The van der Waals surface area contributed by atoms with E-state index >= 15 is 0 Å². The van der Waals surface area contributed by atoms with Crippen molar-refractivity contribution in [3.63, 3.8) is 0 Å².